The van der Waals surface area contributed by atoms with Gasteiger partial charge in [-0.05, 0) is 68.1 Å². The second-order valence-electron chi connectivity index (χ2n) is 8.00. The van der Waals surface area contributed by atoms with E-state index in [-0.39, 0.29) is 17.8 Å². The fraction of sp³-hybridized carbons (Fsp3) is 0.700. The topological polar surface area (TPSA) is 49.7 Å². The summed E-state index contributed by atoms with van der Waals surface area (Å²) in [7, 11) is 1.66. The van der Waals surface area contributed by atoms with E-state index >= 15 is 0 Å². The van der Waals surface area contributed by atoms with E-state index in [0.717, 1.165) is 37.0 Å². The highest BCUT2D eigenvalue weighted by atomic mass is 16.5. The van der Waals surface area contributed by atoms with Crippen molar-refractivity contribution in [1.29, 1.82) is 0 Å². The van der Waals surface area contributed by atoms with Gasteiger partial charge in [-0.1, -0.05) is 26.0 Å². The highest BCUT2D eigenvalue weighted by molar-refractivity contribution is 5.32. The standard InChI is InChI=1S/C20H30O3/c1-13-5-8-16-11-12-19(3,21)18(14(2)20(13,16)22)15-6-9-17(23-4)10-7-15/h6-7,9-10,13-14,16,18,21-22H,5,8,11-12H2,1-4H3/t13-,14-,16-,18-,19+,20-/m1/s1. The van der Waals surface area contributed by atoms with Gasteiger partial charge in [0.2, 0.25) is 0 Å². The minimum absolute atomic E-state index is 0.0240. The largest absolute Gasteiger partial charge is 0.497 e. The molecule has 0 amide bonds. The van der Waals surface area contributed by atoms with Gasteiger partial charge in [-0.25, -0.2) is 0 Å². The van der Waals surface area contributed by atoms with Crippen LogP contribution in [0.3, 0.4) is 0 Å². The minimum Gasteiger partial charge on any atom is -0.497 e. The smallest absolute Gasteiger partial charge is 0.118 e. The molecular weight excluding hydrogens is 288 g/mol. The van der Waals surface area contributed by atoms with E-state index in [9.17, 15) is 10.2 Å². The maximum absolute atomic E-state index is 11.6. The molecule has 3 nitrogen and oxygen atoms in total. The van der Waals surface area contributed by atoms with Crippen LogP contribution in [0.2, 0.25) is 0 Å². The first kappa shape index (κ1) is 16.8. The van der Waals surface area contributed by atoms with Gasteiger partial charge in [0, 0.05) is 5.92 Å². The Balaban J connectivity index is 2.03. The zero-order valence-corrected chi connectivity index (χ0v) is 14.7. The number of fused-ring (bicyclic) bond motifs is 1. The van der Waals surface area contributed by atoms with Gasteiger partial charge >= 0.3 is 0 Å². The van der Waals surface area contributed by atoms with E-state index in [4.69, 9.17) is 4.74 Å². The molecule has 6 atom stereocenters. The Morgan fingerprint density at radius 2 is 1.70 bits per heavy atom. The average Bonchev–Trinajstić information content (AvgIpc) is 2.78. The summed E-state index contributed by atoms with van der Waals surface area (Å²) in [6.07, 6.45) is 3.81. The van der Waals surface area contributed by atoms with Crippen LogP contribution in [-0.2, 0) is 0 Å². The molecule has 3 heteroatoms. The maximum atomic E-state index is 11.6. The Labute approximate surface area is 139 Å². The zero-order chi connectivity index (χ0) is 16.8. The van der Waals surface area contributed by atoms with E-state index in [0.29, 0.717) is 5.92 Å². The van der Waals surface area contributed by atoms with E-state index in [1.54, 1.807) is 7.11 Å². The number of aliphatic hydroxyl groups is 2. The summed E-state index contributed by atoms with van der Waals surface area (Å²) >= 11 is 0. The summed E-state index contributed by atoms with van der Waals surface area (Å²) in [6.45, 7) is 6.23. The molecule has 0 heterocycles. The predicted octanol–water partition coefficient (Wildman–Crippen LogP) is 3.74. The van der Waals surface area contributed by atoms with Gasteiger partial charge in [0.1, 0.15) is 5.75 Å². The lowest BCUT2D eigenvalue weighted by Gasteiger charge is -2.44. The normalized spacial score (nSPS) is 43.7. The molecule has 0 aliphatic heterocycles. The molecule has 2 fully saturated rings. The third kappa shape index (κ3) is 2.58. The molecule has 128 valence electrons. The molecule has 0 radical (unpaired) electrons. The quantitative estimate of drug-likeness (QED) is 0.873. The van der Waals surface area contributed by atoms with Crippen molar-refractivity contribution in [3.63, 3.8) is 0 Å². The first-order chi connectivity index (χ1) is 10.8. The maximum Gasteiger partial charge on any atom is 0.118 e. The van der Waals surface area contributed by atoms with Crippen LogP contribution in [0.1, 0.15) is 57.9 Å². The molecule has 0 bridgehead atoms. The summed E-state index contributed by atoms with van der Waals surface area (Å²) in [4.78, 5) is 0. The van der Waals surface area contributed by atoms with Crippen molar-refractivity contribution in [3.05, 3.63) is 29.8 Å². The van der Waals surface area contributed by atoms with Crippen molar-refractivity contribution in [2.24, 2.45) is 17.8 Å². The molecule has 2 aliphatic rings. The van der Waals surface area contributed by atoms with Crippen molar-refractivity contribution >= 4 is 0 Å². The average molecular weight is 318 g/mol. The summed E-state index contributed by atoms with van der Waals surface area (Å²) in [5.41, 5.74) is -0.379. The number of methoxy groups -OCH3 is 1. The molecule has 1 aromatic carbocycles. The van der Waals surface area contributed by atoms with Crippen molar-refractivity contribution in [1.82, 2.24) is 0 Å². The number of hydrogen-bond donors (Lipinski definition) is 2. The highest BCUT2D eigenvalue weighted by Gasteiger charge is 2.57. The fourth-order valence-corrected chi connectivity index (χ4v) is 5.40. The molecule has 2 N–H and O–H groups in total. The Bertz CT molecular complexity index is 551. The number of hydrogen-bond acceptors (Lipinski definition) is 3. The molecule has 23 heavy (non-hydrogen) atoms. The minimum atomic E-state index is -0.798. The summed E-state index contributed by atoms with van der Waals surface area (Å²) in [5.74, 6) is 1.37. The third-order valence-electron chi connectivity index (χ3n) is 6.76. The highest BCUT2D eigenvalue weighted by Crippen LogP contribution is 2.56. The number of benzene rings is 1. The van der Waals surface area contributed by atoms with Gasteiger partial charge in [0.25, 0.3) is 0 Å². The van der Waals surface area contributed by atoms with Crippen molar-refractivity contribution in [2.45, 2.75) is 63.6 Å². The van der Waals surface area contributed by atoms with E-state index in [1.807, 2.05) is 31.2 Å². The fourth-order valence-electron chi connectivity index (χ4n) is 5.40. The van der Waals surface area contributed by atoms with Crippen molar-refractivity contribution in [3.8, 4) is 5.75 Å². The van der Waals surface area contributed by atoms with Crippen LogP contribution >= 0.6 is 0 Å². The van der Waals surface area contributed by atoms with E-state index in [2.05, 4.69) is 13.8 Å². The van der Waals surface area contributed by atoms with E-state index < -0.39 is 11.2 Å². The molecule has 0 spiro atoms. The predicted molar refractivity (Wildman–Crippen MR) is 91.6 cm³/mol. The molecule has 0 saturated heterocycles. The van der Waals surface area contributed by atoms with Crippen LogP contribution in [0.4, 0.5) is 0 Å². The first-order valence-electron chi connectivity index (χ1n) is 8.89. The second kappa shape index (κ2) is 5.78. The Hall–Kier alpha value is -1.06. The monoisotopic (exact) mass is 318 g/mol. The van der Waals surface area contributed by atoms with Crippen LogP contribution in [0.5, 0.6) is 5.75 Å². The third-order valence-corrected chi connectivity index (χ3v) is 6.76. The van der Waals surface area contributed by atoms with Crippen LogP contribution < -0.4 is 4.74 Å². The molecule has 1 aromatic rings. The first-order valence-corrected chi connectivity index (χ1v) is 8.89. The summed E-state index contributed by atoms with van der Waals surface area (Å²) < 4.78 is 5.25. The van der Waals surface area contributed by atoms with Gasteiger partial charge in [0.05, 0.1) is 18.3 Å². The summed E-state index contributed by atoms with van der Waals surface area (Å²) in [5, 5.41) is 22.7. The van der Waals surface area contributed by atoms with Crippen molar-refractivity contribution < 1.29 is 14.9 Å². The lowest BCUT2D eigenvalue weighted by molar-refractivity contribution is -0.0936. The van der Waals surface area contributed by atoms with Gasteiger partial charge in [0.15, 0.2) is 0 Å². The van der Waals surface area contributed by atoms with Crippen LogP contribution in [0, 0.1) is 17.8 Å². The molecular formula is C20H30O3. The molecule has 3 rings (SSSR count). The van der Waals surface area contributed by atoms with Crippen LogP contribution in [0.15, 0.2) is 24.3 Å². The lowest BCUT2D eigenvalue weighted by Crippen LogP contribution is -2.48. The number of ether oxygens (including phenoxy) is 1. The van der Waals surface area contributed by atoms with Gasteiger partial charge in [-0.2, -0.15) is 0 Å². The molecule has 2 aliphatic carbocycles. The van der Waals surface area contributed by atoms with Crippen LogP contribution in [-0.4, -0.2) is 28.5 Å². The van der Waals surface area contributed by atoms with Crippen molar-refractivity contribution in [2.75, 3.05) is 7.11 Å². The molecule has 0 aromatic heterocycles. The van der Waals surface area contributed by atoms with Gasteiger partial charge in [-0.15, -0.1) is 0 Å². The summed E-state index contributed by atoms with van der Waals surface area (Å²) in [6, 6.07) is 7.97. The van der Waals surface area contributed by atoms with Gasteiger partial charge < -0.3 is 14.9 Å². The lowest BCUT2D eigenvalue weighted by atomic mass is 9.66. The Kier molecular flexibility index (Phi) is 4.22. The van der Waals surface area contributed by atoms with Crippen LogP contribution in [0.25, 0.3) is 0 Å². The SMILES string of the molecule is COc1ccc([C@H]2[C@@H](C)[C@@]3(O)[C@H](CC[C@H]3C)CC[C@]2(C)O)cc1. The molecule has 0 unspecified atom stereocenters. The Morgan fingerprint density at radius 3 is 2.30 bits per heavy atom. The number of rotatable bonds is 2. The zero-order valence-electron chi connectivity index (χ0n) is 14.7. The van der Waals surface area contributed by atoms with Gasteiger partial charge in [-0.3, -0.25) is 0 Å². The second-order valence-corrected chi connectivity index (χ2v) is 8.00. The molecule has 2 saturated carbocycles. The van der Waals surface area contributed by atoms with E-state index in [1.165, 1.54) is 0 Å². The Morgan fingerprint density at radius 1 is 1.04 bits per heavy atom.